The van der Waals surface area contributed by atoms with Gasteiger partial charge >= 0.3 is 0 Å². The molecule has 2 atom stereocenters. The minimum Gasteiger partial charge on any atom is -0.392 e. The zero-order chi connectivity index (χ0) is 15.9. The quantitative estimate of drug-likeness (QED) is 0.705. The number of halogens is 2. The predicted octanol–water partition coefficient (Wildman–Crippen LogP) is 1.48. The van der Waals surface area contributed by atoms with E-state index < -0.39 is 0 Å². The summed E-state index contributed by atoms with van der Waals surface area (Å²) in [7, 11) is 1.94. The van der Waals surface area contributed by atoms with Crippen LogP contribution in [0.5, 0.6) is 0 Å². The highest BCUT2D eigenvalue weighted by Crippen LogP contribution is 2.19. The van der Waals surface area contributed by atoms with Gasteiger partial charge in [-0.25, -0.2) is 0 Å². The van der Waals surface area contributed by atoms with Crippen LogP contribution in [0.3, 0.4) is 0 Å². The molecule has 0 bridgehead atoms. The zero-order valence-corrected chi connectivity index (χ0v) is 17.2. The van der Waals surface area contributed by atoms with E-state index in [0.717, 1.165) is 57.1 Å². The lowest BCUT2D eigenvalue weighted by Crippen LogP contribution is -2.44. The molecule has 2 aliphatic rings. The van der Waals surface area contributed by atoms with Crippen LogP contribution in [-0.4, -0.2) is 84.2 Å². The molecule has 2 heterocycles. The highest BCUT2D eigenvalue weighted by Gasteiger charge is 2.24. The molecule has 0 saturated carbocycles. The topological polar surface area (TPSA) is 55.8 Å². The molecule has 0 aromatic heterocycles. The molecule has 2 N–H and O–H groups in total. The van der Waals surface area contributed by atoms with Crippen LogP contribution in [-0.2, 0) is 4.79 Å². The van der Waals surface area contributed by atoms with E-state index in [1.807, 2.05) is 30.6 Å². The molecule has 0 aromatic rings. The summed E-state index contributed by atoms with van der Waals surface area (Å²) in [6.07, 6.45) is 2.63. The van der Waals surface area contributed by atoms with Gasteiger partial charge in [0.15, 0.2) is 0 Å². The average Bonchev–Trinajstić information content (AvgIpc) is 2.49. The van der Waals surface area contributed by atoms with Gasteiger partial charge in [0.25, 0.3) is 0 Å². The number of nitrogens with one attached hydrogen (secondary N) is 1. The molecule has 2 fully saturated rings. The second-order valence-electron chi connectivity index (χ2n) is 6.80. The van der Waals surface area contributed by atoms with Gasteiger partial charge in [-0.2, -0.15) is 11.8 Å². The molecule has 5 nitrogen and oxygen atoms in total. The Balaban J connectivity index is 0.00000264. The third-order valence-electron chi connectivity index (χ3n) is 4.61. The first-order valence-electron chi connectivity index (χ1n) is 8.50. The Morgan fingerprint density at radius 2 is 2.04 bits per heavy atom. The summed E-state index contributed by atoms with van der Waals surface area (Å²) < 4.78 is 0. The lowest BCUT2D eigenvalue weighted by molar-refractivity contribution is -0.131. The number of nitrogens with zero attached hydrogens (tertiary/aromatic N) is 2. The molecule has 2 saturated heterocycles. The standard InChI is InChI=1S/C16H31N3O2S.2ClH/c1-13(20)10-19-6-3-14(4-7-19)11-18(2)16(21)9-15-12-22-8-5-17-15;;/h13-15,17,20H,3-12H2,1-2H3;2*1H. The van der Waals surface area contributed by atoms with Gasteiger partial charge < -0.3 is 20.2 Å². The average molecular weight is 402 g/mol. The molecule has 2 unspecified atom stereocenters. The number of piperidine rings is 1. The Morgan fingerprint density at radius 1 is 1.38 bits per heavy atom. The van der Waals surface area contributed by atoms with Crippen molar-refractivity contribution in [1.29, 1.82) is 0 Å². The molecule has 0 aliphatic carbocycles. The van der Waals surface area contributed by atoms with Gasteiger partial charge in [-0.05, 0) is 38.8 Å². The fourth-order valence-corrected chi connectivity index (χ4v) is 4.28. The van der Waals surface area contributed by atoms with Gasteiger partial charge in [0.1, 0.15) is 0 Å². The SMILES string of the molecule is CC(O)CN1CCC(CN(C)C(=O)CC2CSCCN2)CC1.Cl.Cl. The number of β-amino-alcohol motifs (C(OH)–C–C–N with tert-alkyl or cyclic N) is 1. The largest absolute Gasteiger partial charge is 0.392 e. The maximum atomic E-state index is 12.3. The van der Waals surface area contributed by atoms with Crippen molar-refractivity contribution in [2.24, 2.45) is 5.92 Å². The van der Waals surface area contributed by atoms with Crippen molar-refractivity contribution >= 4 is 42.5 Å². The third kappa shape index (κ3) is 8.59. The summed E-state index contributed by atoms with van der Waals surface area (Å²) in [5.74, 6) is 3.09. The maximum Gasteiger partial charge on any atom is 0.223 e. The highest BCUT2D eigenvalue weighted by molar-refractivity contribution is 7.99. The molecule has 2 rings (SSSR count). The van der Waals surface area contributed by atoms with Gasteiger partial charge in [0, 0.05) is 50.7 Å². The van der Waals surface area contributed by atoms with Crippen molar-refractivity contribution in [3.63, 3.8) is 0 Å². The van der Waals surface area contributed by atoms with Crippen molar-refractivity contribution in [1.82, 2.24) is 15.1 Å². The van der Waals surface area contributed by atoms with E-state index >= 15 is 0 Å². The second kappa shape index (κ2) is 12.6. The monoisotopic (exact) mass is 401 g/mol. The van der Waals surface area contributed by atoms with Crippen molar-refractivity contribution in [2.75, 3.05) is 51.3 Å². The van der Waals surface area contributed by atoms with Crippen molar-refractivity contribution < 1.29 is 9.90 Å². The molecule has 2 aliphatic heterocycles. The van der Waals surface area contributed by atoms with Gasteiger partial charge in [0.2, 0.25) is 5.91 Å². The smallest absolute Gasteiger partial charge is 0.223 e. The highest BCUT2D eigenvalue weighted by atomic mass is 35.5. The molecular weight excluding hydrogens is 369 g/mol. The van der Waals surface area contributed by atoms with Gasteiger partial charge in [-0.1, -0.05) is 0 Å². The van der Waals surface area contributed by atoms with Gasteiger partial charge in [-0.3, -0.25) is 4.79 Å². The summed E-state index contributed by atoms with van der Waals surface area (Å²) in [5.41, 5.74) is 0. The van der Waals surface area contributed by atoms with Crippen LogP contribution >= 0.6 is 36.6 Å². The fourth-order valence-electron chi connectivity index (χ4n) is 3.33. The van der Waals surface area contributed by atoms with E-state index in [0.29, 0.717) is 18.4 Å². The second-order valence-corrected chi connectivity index (χ2v) is 7.95. The molecule has 1 amide bonds. The third-order valence-corrected chi connectivity index (χ3v) is 5.74. The maximum absolute atomic E-state index is 12.3. The van der Waals surface area contributed by atoms with Crippen molar-refractivity contribution in [2.45, 2.75) is 38.3 Å². The lowest BCUT2D eigenvalue weighted by Gasteiger charge is -2.34. The van der Waals surface area contributed by atoms with E-state index in [4.69, 9.17) is 0 Å². The number of aliphatic hydroxyl groups excluding tert-OH is 1. The summed E-state index contributed by atoms with van der Waals surface area (Å²) in [6, 6.07) is 0.349. The van der Waals surface area contributed by atoms with E-state index in [1.54, 1.807) is 0 Å². The summed E-state index contributed by atoms with van der Waals surface area (Å²) in [4.78, 5) is 16.6. The fraction of sp³-hybridized carbons (Fsp3) is 0.938. The Hall–Kier alpha value is 0.280. The number of amides is 1. The summed E-state index contributed by atoms with van der Waals surface area (Å²) in [6.45, 7) is 6.59. The number of hydrogen-bond donors (Lipinski definition) is 2. The van der Waals surface area contributed by atoms with E-state index in [9.17, 15) is 9.90 Å². The molecule has 24 heavy (non-hydrogen) atoms. The van der Waals surface area contributed by atoms with E-state index in [2.05, 4.69) is 10.2 Å². The van der Waals surface area contributed by atoms with Crippen LogP contribution in [0.1, 0.15) is 26.2 Å². The summed E-state index contributed by atoms with van der Waals surface area (Å²) in [5, 5.41) is 12.9. The van der Waals surface area contributed by atoms with Crippen LogP contribution in [0, 0.1) is 5.92 Å². The number of likely N-dealkylation sites (tertiary alicyclic amines) is 1. The van der Waals surface area contributed by atoms with E-state index in [-0.39, 0.29) is 36.8 Å². The first-order chi connectivity index (χ1) is 10.5. The Bertz CT molecular complexity index is 350. The van der Waals surface area contributed by atoms with Crippen LogP contribution in [0.4, 0.5) is 0 Å². The number of hydrogen-bond acceptors (Lipinski definition) is 5. The van der Waals surface area contributed by atoms with Gasteiger partial charge in [0.05, 0.1) is 6.10 Å². The number of carbonyl (C=O) groups is 1. The molecule has 0 spiro atoms. The minimum absolute atomic E-state index is 0. The van der Waals surface area contributed by atoms with Crippen LogP contribution in [0.15, 0.2) is 0 Å². The number of thioether (sulfide) groups is 1. The van der Waals surface area contributed by atoms with Gasteiger partial charge in [-0.15, -0.1) is 24.8 Å². The zero-order valence-electron chi connectivity index (χ0n) is 14.8. The van der Waals surface area contributed by atoms with Crippen molar-refractivity contribution in [3.8, 4) is 0 Å². The van der Waals surface area contributed by atoms with Crippen LogP contribution < -0.4 is 5.32 Å². The number of aliphatic hydroxyl groups is 1. The number of rotatable bonds is 6. The molecule has 144 valence electrons. The van der Waals surface area contributed by atoms with Crippen LogP contribution in [0.2, 0.25) is 0 Å². The lowest BCUT2D eigenvalue weighted by atomic mass is 9.96. The molecule has 0 radical (unpaired) electrons. The number of carbonyl (C=O) groups excluding carboxylic acids is 1. The summed E-state index contributed by atoms with van der Waals surface area (Å²) >= 11 is 1.94. The minimum atomic E-state index is -0.248. The van der Waals surface area contributed by atoms with Crippen LogP contribution in [0.25, 0.3) is 0 Å². The Morgan fingerprint density at radius 3 is 2.58 bits per heavy atom. The molecule has 8 heteroatoms. The normalized spacial score (nSPS) is 23.7. The Labute approximate surface area is 163 Å². The van der Waals surface area contributed by atoms with Crippen molar-refractivity contribution in [3.05, 3.63) is 0 Å². The first-order valence-corrected chi connectivity index (χ1v) is 9.65. The predicted molar refractivity (Wildman–Crippen MR) is 107 cm³/mol. The Kier molecular flexibility index (Phi) is 12.8. The van der Waals surface area contributed by atoms with E-state index in [1.165, 1.54) is 0 Å². The molecule has 0 aromatic carbocycles. The molecular formula is C16H33Cl2N3O2S. The first kappa shape index (κ1) is 24.3.